The predicted molar refractivity (Wildman–Crippen MR) is 42.4 cm³/mol. The molecule has 0 aliphatic heterocycles. The predicted octanol–water partition coefficient (Wildman–Crippen LogP) is -1.77. The van der Waals surface area contributed by atoms with Crippen molar-refractivity contribution in [2.24, 2.45) is 0 Å². The molecule has 1 atom stereocenters. The van der Waals surface area contributed by atoms with Gasteiger partial charge in [0.2, 0.25) is 5.91 Å². The zero-order chi connectivity index (χ0) is 9.40. The third kappa shape index (κ3) is 6.09. The minimum atomic E-state index is -0.798. The molecule has 5 nitrogen and oxygen atoms in total. The van der Waals surface area contributed by atoms with E-state index in [2.05, 4.69) is 5.32 Å². The average molecular weight is 177 g/mol. The largest absolute Gasteiger partial charge is 0.396 e. The summed E-state index contributed by atoms with van der Waals surface area (Å²) in [6.45, 7) is -0.0407. The van der Waals surface area contributed by atoms with Crippen molar-refractivity contribution in [1.29, 1.82) is 0 Å². The van der Waals surface area contributed by atoms with Gasteiger partial charge in [0, 0.05) is 13.2 Å². The van der Waals surface area contributed by atoms with Crippen molar-refractivity contribution in [2.45, 2.75) is 18.9 Å². The van der Waals surface area contributed by atoms with E-state index in [1.807, 2.05) is 0 Å². The van der Waals surface area contributed by atoms with Crippen molar-refractivity contribution in [3.63, 3.8) is 0 Å². The summed E-state index contributed by atoms with van der Waals surface area (Å²) in [5.41, 5.74) is 0. The summed E-state index contributed by atoms with van der Waals surface area (Å²) in [4.78, 5) is 10.8. The second kappa shape index (κ2) is 7.02. The Kier molecular flexibility index (Phi) is 6.64. The van der Waals surface area contributed by atoms with E-state index in [1.165, 1.54) is 0 Å². The van der Waals surface area contributed by atoms with Crippen LogP contribution in [0.2, 0.25) is 0 Å². The first kappa shape index (κ1) is 11.4. The lowest BCUT2D eigenvalue weighted by atomic mass is 10.2. The molecule has 12 heavy (non-hydrogen) atoms. The van der Waals surface area contributed by atoms with E-state index in [-0.39, 0.29) is 38.5 Å². The lowest BCUT2D eigenvalue weighted by Gasteiger charge is -2.08. The Bertz CT molecular complexity index is 129. The number of hydrogen-bond acceptors (Lipinski definition) is 4. The fraction of sp³-hybridized carbons (Fsp3) is 0.857. The highest BCUT2D eigenvalue weighted by Crippen LogP contribution is 1.95. The Morgan fingerprint density at radius 1 is 1.33 bits per heavy atom. The summed E-state index contributed by atoms with van der Waals surface area (Å²) in [6.07, 6.45) is -0.624. The van der Waals surface area contributed by atoms with Crippen LogP contribution in [0.3, 0.4) is 0 Å². The number of rotatable bonds is 6. The van der Waals surface area contributed by atoms with Gasteiger partial charge >= 0.3 is 0 Å². The molecule has 0 spiro atoms. The monoisotopic (exact) mass is 177 g/mol. The van der Waals surface area contributed by atoms with Gasteiger partial charge in [-0.2, -0.15) is 0 Å². The summed E-state index contributed by atoms with van der Waals surface area (Å²) in [5.74, 6) is -0.315. The van der Waals surface area contributed by atoms with Crippen LogP contribution >= 0.6 is 0 Å². The zero-order valence-electron chi connectivity index (χ0n) is 6.86. The van der Waals surface area contributed by atoms with Gasteiger partial charge in [0.05, 0.1) is 19.1 Å². The van der Waals surface area contributed by atoms with E-state index >= 15 is 0 Å². The Labute approximate surface area is 71.0 Å². The summed E-state index contributed by atoms with van der Waals surface area (Å²) < 4.78 is 0. The second-order valence-corrected chi connectivity index (χ2v) is 2.44. The van der Waals surface area contributed by atoms with Crippen molar-refractivity contribution < 1.29 is 20.1 Å². The molecule has 1 unspecified atom stereocenters. The lowest BCUT2D eigenvalue weighted by Crippen LogP contribution is -2.29. The molecule has 1 amide bonds. The van der Waals surface area contributed by atoms with Crippen molar-refractivity contribution in [3.05, 3.63) is 0 Å². The quantitative estimate of drug-likeness (QED) is 0.386. The number of hydrogen-bond donors (Lipinski definition) is 4. The molecular weight excluding hydrogens is 162 g/mol. The average Bonchev–Trinajstić information content (AvgIpc) is 2.01. The summed E-state index contributed by atoms with van der Waals surface area (Å²) in [6, 6.07) is 0. The molecule has 4 N–H and O–H groups in total. The van der Waals surface area contributed by atoms with Crippen LogP contribution in [0.1, 0.15) is 12.8 Å². The second-order valence-electron chi connectivity index (χ2n) is 2.44. The Morgan fingerprint density at radius 3 is 2.50 bits per heavy atom. The molecular formula is C7H15NO4. The van der Waals surface area contributed by atoms with Crippen LogP contribution in [0.25, 0.3) is 0 Å². The number of carbonyl (C=O) groups excluding carboxylic acids is 1. The van der Waals surface area contributed by atoms with Gasteiger partial charge in [0.1, 0.15) is 0 Å². The highest BCUT2D eigenvalue weighted by Gasteiger charge is 2.08. The topological polar surface area (TPSA) is 89.8 Å². The lowest BCUT2D eigenvalue weighted by molar-refractivity contribution is -0.123. The maximum Gasteiger partial charge on any atom is 0.222 e. The van der Waals surface area contributed by atoms with E-state index in [9.17, 15) is 4.79 Å². The van der Waals surface area contributed by atoms with Crippen molar-refractivity contribution in [1.82, 2.24) is 5.32 Å². The normalized spacial score (nSPS) is 12.6. The fourth-order valence-corrected chi connectivity index (χ4v) is 0.733. The maximum absolute atomic E-state index is 10.8. The molecule has 0 rings (SSSR count). The SMILES string of the molecule is O=C(CC(O)CCO)NCCO. The summed E-state index contributed by atoms with van der Waals surface area (Å²) in [7, 11) is 0. The zero-order valence-corrected chi connectivity index (χ0v) is 6.86. The summed E-state index contributed by atoms with van der Waals surface area (Å²) in [5, 5.41) is 28.2. The molecule has 0 aromatic heterocycles. The smallest absolute Gasteiger partial charge is 0.222 e. The fourth-order valence-electron chi connectivity index (χ4n) is 0.733. The van der Waals surface area contributed by atoms with Gasteiger partial charge in [0.15, 0.2) is 0 Å². The van der Waals surface area contributed by atoms with E-state index in [1.54, 1.807) is 0 Å². The highest BCUT2D eigenvalue weighted by atomic mass is 16.3. The molecule has 0 aliphatic rings. The molecule has 72 valence electrons. The number of aliphatic hydroxyl groups excluding tert-OH is 3. The van der Waals surface area contributed by atoms with Crippen LogP contribution in [-0.2, 0) is 4.79 Å². The van der Waals surface area contributed by atoms with E-state index in [0.717, 1.165) is 0 Å². The van der Waals surface area contributed by atoms with E-state index in [0.29, 0.717) is 0 Å². The van der Waals surface area contributed by atoms with Crippen LogP contribution < -0.4 is 5.32 Å². The van der Waals surface area contributed by atoms with Crippen molar-refractivity contribution >= 4 is 5.91 Å². The van der Waals surface area contributed by atoms with Crippen molar-refractivity contribution in [2.75, 3.05) is 19.8 Å². The van der Waals surface area contributed by atoms with E-state index < -0.39 is 6.10 Å². The minimum Gasteiger partial charge on any atom is -0.396 e. The molecule has 0 saturated carbocycles. The van der Waals surface area contributed by atoms with Crippen LogP contribution in [-0.4, -0.2) is 47.1 Å². The molecule has 0 aromatic carbocycles. The molecule has 0 aromatic rings. The Hall–Kier alpha value is -0.650. The first-order chi connectivity index (χ1) is 5.70. The maximum atomic E-state index is 10.8. The third-order valence-corrected chi connectivity index (χ3v) is 1.32. The van der Waals surface area contributed by atoms with Gasteiger partial charge in [-0.25, -0.2) is 0 Å². The molecule has 0 heterocycles. The van der Waals surface area contributed by atoms with Crippen LogP contribution in [0.5, 0.6) is 0 Å². The molecule has 0 radical (unpaired) electrons. The van der Waals surface area contributed by atoms with Gasteiger partial charge in [-0.3, -0.25) is 4.79 Å². The van der Waals surface area contributed by atoms with Gasteiger partial charge in [-0.15, -0.1) is 0 Å². The number of aliphatic hydroxyl groups is 3. The number of amides is 1. The Balaban J connectivity index is 3.40. The molecule has 5 heteroatoms. The van der Waals surface area contributed by atoms with Gasteiger partial charge < -0.3 is 20.6 Å². The molecule has 0 aliphatic carbocycles. The molecule has 0 saturated heterocycles. The minimum absolute atomic E-state index is 0.0272. The van der Waals surface area contributed by atoms with Gasteiger partial charge in [0.25, 0.3) is 0 Å². The first-order valence-corrected chi connectivity index (χ1v) is 3.87. The molecule has 0 bridgehead atoms. The standard InChI is InChI=1S/C7H15NO4/c9-3-1-6(11)5-7(12)8-2-4-10/h6,9-11H,1-5H2,(H,8,12). The Morgan fingerprint density at radius 2 is 2.00 bits per heavy atom. The third-order valence-electron chi connectivity index (χ3n) is 1.32. The van der Waals surface area contributed by atoms with Gasteiger partial charge in [-0.05, 0) is 6.42 Å². The van der Waals surface area contributed by atoms with Crippen LogP contribution in [0.4, 0.5) is 0 Å². The number of nitrogens with one attached hydrogen (secondary N) is 1. The first-order valence-electron chi connectivity index (χ1n) is 3.87. The van der Waals surface area contributed by atoms with Crippen LogP contribution in [0.15, 0.2) is 0 Å². The highest BCUT2D eigenvalue weighted by molar-refractivity contribution is 5.76. The molecule has 0 fully saturated rings. The summed E-state index contributed by atoms with van der Waals surface area (Å²) >= 11 is 0. The number of carbonyl (C=O) groups is 1. The van der Waals surface area contributed by atoms with Crippen molar-refractivity contribution in [3.8, 4) is 0 Å². The van der Waals surface area contributed by atoms with Gasteiger partial charge in [-0.1, -0.05) is 0 Å². The van der Waals surface area contributed by atoms with Crippen LogP contribution in [0, 0.1) is 0 Å². The van der Waals surface area contributed by atoms with E-state index in [4.69, 9.17) is 15.3 Å².